The summed E-state index contributed by atoms with van der Waals surface area (Å²) < 4.78 is 99.4. The Morgan fingerprint density at radius 2 is 1.28 bits per heavy atom. The molecule has 172 valence electrons. The minimum atomic E-state index is -5.04. The lowest BCUT2D eigenvalue weighted by Crippen LogP contribution is -2.24. The van der Waals surface area contributed by atoms with E-state index in [1.807, 2.05) is 0 Å². The Balaban J connectivity index is 2.06. The minimum Gasteiger partial charge on any atom is -0.367 e. The second-order valence-electron chi connectivity index (χ2n) is 6.80. The van der Waals surface area contributed by atoms with Crippen molar-refractivity contribution in [3.63, 3.8) is 0 Å². The Labute approximate surface area is 179 Å². The van der Waals surface area contributed by atoms with Crippen LogP contribution in [0.5, 0.6) is 0 Å². The Hall–Kier alpha value is -2.55. The molecule has 0 bridgehead atoms. The van der Waals surface area contributed by atoms with Gasteiger partial charge in [-0.1, -0.05) is 66.7 Å². The Bertz CT molecular complexity index is 1060. The van der Waals surface area contributed by atoms with Crippen LogP contribution in [0, 0.1) is 0 Å². The van der Waals surface area contributed by atoms with Gasteiger partial charge in [-0.05, 0) is 17.0 Å². The summed E-state index contributed by atoms with van der Waals surface area (Å²) in [6, 6.07) is 19.4. The second kappa shape index (κ2) is 9.52. The average molecular weight is 477 g/mol. The Morgan fingerprint density at radius 3 is 1.88 bits per heavy atom. The first kappa shape index (κ1) is 24.1. The van der Waals surface area contributed by atoms with Crippen LogP contribution in [0.25, 0.3) is 10.8 Å². The van der Waals surface area contributed by atoms with E-state index in [1.54, 1.807) is 48.5 Å². The molecule has 3 rings (SSSR count). The van der Waals surface area contributed by atoms with Crippen LogP contribution in [0.3, 0.4) is 0 Å². The van der Waals surface area contributed by atoms with Crippen LogP contribution < -0.4 is 5.32 Å². The van der Waals surface area contributed by atoms with E-state index < -0.39 is 38.9 Å². The van der Waals surface area contributed by atoms with E-state index in [-0.39, 0.29) is 5.56 Å². The third-order valence-corrected chi connectivity index (χ3v) is 6.37. The van der Waals surface area contributed by atoms with Gasteiger partial charge in [-0.25, -0.2) is 0 Å². The van der Waals surface area contributed by atoms with E-state index in [0.29, 0.717) is 11.1 Å². The van der Waals surface area contributed by atoms with Gasteiger partial charge in [0.2, 0.25) is 0 Å². The fourth-order valence-corrected chi connectivity index (χ4v) is 4.85. The van der Waals surface area contributed by atoms with Crippen molar-refractivity contribution in [3.8, 4) is 0 Å². The molecule has 0 saturated heterocycles. The molecule has 1 unspecified atom stereocenters. The molecule has 0 aliphatic rings. The van der Waals surface area contributed by atoms with Crippen LogP contribution >= 0.6 is 7.60 Å². The van der Waals surface area contributed by atoms with Crippen molar-refractivity contribution in [1.82, 2.24) is 0 Å². The standard InChI is InChI=1S/C21H18F6NO3P/c22-20(23,24)13-30-32(29,31-14-21(25,26)27)19(16-8-2-1-3-9-16)28-18-12-6-10-15-7-4-5-11-17(15)18/h1-12,19,28H,13-14H2. The maximum absolute atomic E-state index is 13.4. The van der Waals surface area contributed by atoms with Gasteiger partial charge in [-0.3, -0.25) is 13.6 Å². The second-order valence-corrected chi connectivity index (χ2v) is 8.91. The van der Waals surface area contributed by atoms with Crippen LogP contribution in [-0.2, 0) is 13.6 Å². The normalized spacial score (nSPS) is 13.8. The van der Waals surface area contributed by atoms with E-state index in [1.165, 1.54) is 24.3 Å². The lowest BCUT2D eigenvalue weighted by Gasteiger charge is -2.29. The summed E-state index contributed by atoms with van der Waals surface area (Å²) in [7, 11) is -5.04. The molecule has 0 aromatic heterocycles. The molecule has 1 atom stereocenters. The van der Waals surface area contributed by atoms with Crippen molar-refractivity contribution in [2.45, 2.75) is 18.1 Å². The van der Waals surface area contributed by atoms with Gasteiger partial charge in [0.05, 0.1) is 0 Å². The quantitative estimate of drug-likeness (QED) is 0.273. The summed E-state index contributed by atoms with van der Waals surface area (Å²) in [6.45, 7) is -4.08. The number of rotatable bonds is 8. The monoisotopic (exact) mass is 477 g/mol. The van der Waals surface area contributed by atoms with Gasteiger partial charge in [0.25, 0.3) is 0 Å². The molecule has 0 saturated carbocycles. The highest BCUT2D eigenvalue weighted by molar-refractivity contribution is 7.54. The maximum atomic E-state index is 13.4. The minimum absolute atomic E-state index is 0.133. The van der Waals surface area contributed by atoms with Crippen molar-refractivity contribution >= 4 is 24.1 Å². The lowest BCUT2D eigenvalue weighted by atomic mass is 10.1. The third-order valence-electron chi connectivity index (χ3n) is 4.33. The molecule has 11 heteroatoms. The van der Waals surface area contributed by atoms with Gasteiger partial charge in [0.15, 0.2) is 19.0 Å². The van der Waals surface area contributed by atoms with Crippen molar-refractivity contribution in [1.29, 1.82) is 0 Å². The molecule has 0 spiro atoms. The SMILES string of the molecule is O=P(OCC(F)(F)F)(OCC(F)(F)F)C(Nc1cccc2ccccc12)c1ccccc1. The first-order chi connectivity index (χ1) is 15.0. The number of fused-ring (bicyclic) bond motifs is 1. The molecule has 0 radical (unpaired) electrons. The van der Waals surface area contributed by atoms with Crippen LogP contribution in [-0.4, -0.2) is 25.6 Å². The van der Waals surface area contributed by atoms with E-state index in [4.69, 9.17) is 0 Å². The summed E-state index contributed by atoms with van der Waals surface area (Å²) in [4.78, 5) is 0. The molecule has 3 aromatic rings. The zero-order chi connectivity index (χ0) is 23.4. The van der Waals surface area contributed by atoms with Crippen LogP contribution in [0.4, 0.5) is 32.0 Å². The summed E-state index contributed by atoms with van der Waals surface area (Å²) in [5, 5.41) is 4.18. The first-order valence-electron chi connectivity index (χ1n) is 9.28. The van der Waals surface area contributed by atoms with Gasteiger partial charge in [-0.15, -0.1) is 0 Å². The first-order valence-corrected chi connectivity index (χ1v) is 10.9. The maximum Gasteiger partial charge on any atom is 0.412 e. The van der Waals surface area contributed by atoms with Crippen molar-refractivity contribution in [3.05, 3.63) is 78.4 Å². The van der Waals surface area contributed by atoms with Crippen LogP contribution in [0.15, 0.2) is 72.8 Å². The number of hydrogen-bond acceptors (Lipinski definition) is 4. The highest BCUT2D eigenvalue weighted by atomic mass is 31.2. The van der Waals surface area contributed by atoms with E-state index in [9.17, 15) is 30.9 Å². The zero-order valence-corrected chi connectivity index (χ0v) is 17.3. The summed E-state index contributed by atoms with van der Waals surface area (Å²) in [5.74, 6) is -1.64. The molecular weight excluding hydrogens is 459 g/mol. The highest BCUT2D eigenvalue weighted by Gasteiger charge is 2.44. The average Bonchev–Trinajstić information content (AvgIpc) is 2.74. The van der Waals surface area contributed by atoms with Gasteiger partial charge in [0, 0.05) is 11.1 Å². The molecule has 0 aliphatic heterocycles. The molecule has 3 aromatic carbocycles. The van der Waals surface area contributed by atoms with E-state index in [2.05, 4.69) is 14.4 Å². The van der Waals surface area contributed by atoms with Gasteiger partial charge < -0.3 is 5.32 Å². The number of nitrogens with one attached hydrogen (secondary N) is 1. The van der Waals surface area contributed by atoms with Crippen molar-refractivity contribution in [2.75, 3.05) is 18.5 Å². The molecule has 0 aliphatic carbocycles. The predicted octanol–water partition coefficient (Wildman–Crippen LogP) is 7.30. The third kappa shape index (κ3) is 6.48. The number of anilines is 1. The summed E-state index contributed by atoms with van der Waals surface area (Å²) in [5.41, 5.74) is 0.469. The van der Waals surface area contributed by atoms with Crippen LogP contribution in [0.1, 0.15) is 11.3 Å². The molecule has 4 nitrogen and oxygen atoms in total. The van der Waals surface area contributed by atoms with E-state index in [0.717, 1.165) is 5.39 Å². The topological polar surface area (TPSA) is 47.6 Å². The van der Waals surface area contributed by atoms with Gasteiger partial charge in [-0.2, -0.15) is 26.3 Å². The van der Waals surface area contributed by atoms with Crippen molar-refractivity contribution < 1.29 is 40.0 Å². The molecular formula is C21H18F6NO3P. The Morgan fingerprint density at radius 1 is 0.750 bits per heavy atom. The van der Waals surface area contributed by atoms with Crippen LogP contribution in [0.2, 0.25) is 0 Å². The van der Waals surface area contributed by atoms with E-state index >= 15 is 0 Å². The number of halogens is 6. The number of hydrogen-bond donors (Lipinski definition) is 1. The smallest absolute Gasteiger partial charge is 0.367 e. The van der Waals surface area contributed by atoms with Gasteiger partial charge in [0.1, 0.15) is 0 Å². The molecule has 0 heterocycles. The highest BCUT2D eigenvalue weighted by Crippen LogP contribution is 2.62. The predicted molar refractivity (Wildman–Crippen MR) is 108 cm³/mol. The molecule has 0 amide bonds. The molecule has 32 heavy (non-hydrogen) atoms. The largest absolute Gasteiger partial charge is 0.412 e. The lowest BCUT2D eigenvalue weighted by molar-refractivity contribution is -0.165. The fraction of sp³-hybridized carbons (Fsp3) is 0.238. The fourth-order valence-electron chi connectivity index (χ4n) is 2.99. The molecule has 1 N–H and O–H groups in total. The zero-order valence-electron chi connectivity index (χ0n) is 16.4. The summed E-state index contributed by atoms with van der Waals surface area (Å²) >= 11 is 0. The van der Waals surface area contributed by atoms with Gasteiger partial charge >= 0.3 is 19.9 Å². The number of benzene rings is 3. The van der Waals surface area contributed by atoms with Crippen molar-refractivity contribution in [2.24, 2.45) is 0 Å². The summed E-state index contributed by atoms with van der Waals surface area (Å²) in [6.07, 6.45) is -9.87. The number of alkyl halides is 6. The molecule has 0 fully saturated rings. The Kier molecular flexibility index (Phi) is 7.17.